The van der Waals surface area contributed by atoms with Gasteiger partial charge in [0.25, 0.3) is 5.91 Å². The maximum atomic E-state index is 13.0. The molecule has 0 bridgehead atoms. The Morgan fingerprint density at radius 3 is 2.80 bits per heavy atom. The van der Waals surface area contributed by atoms with Crippen LogP contribution in [0.2, 0.25) is 0 Å². The molecule has 2 aromatic carbocycles. The number of para-hydroxylation sites is 1. The maximum absolute atomic E-state index is 13.0. The number of carbonyl (C=O) groups excluding carboxylic acids is 2. The highest BCUT2D eigenvalue weighted by atomic mass is 32.2. The van der Waals surface area contributed by atoms with Gasteiger partial charge in [0.15, 0.2) is 0 Å². The molecule has 2 aromatic rings. The zero-order valence-corrected chi connectivity index (χ0v) is 13.9. The summed E-state index contributed by atoms with van der Waals surface area (Å²) < 4.78 is 0. The van der Waals surface area contributed by atoms with E-state index < -0.39 is 11.9 Å². The Labute approximate surface area is 147 Å². The number of rotatable bonds is 2. The predicted molar refractivity (Wildman–Crippen MR) is 94.3 cm³/mol. The number of amides is 2. The van der Waals surface area contributed by atoms with Crippen LogP contribution in [-0.4, -0.2) is 35.2 Å². The molecular weight excluding hydrogens is 340 g/mol. The molecule has 6 nitrogen and oxygen atoms in total. The van der Waals surface area contributed by atoms with E-state index in [4.69, 9.17) is 0 Å². The Bertz CT molecular complexity index is 912. The topological polar surface area (TPSA) is 86.7 Å². The van der Waals surface area contributed by atoms with Gasteiger partial charge in [0, 0.05) is 22.7 Å². The van der Waals surface area contributed by atoms with Crippen LogP contribution in [0.25, 0.3) is 0 Å². The Hall–Kier alpha value is -2.80. The zero-order chi connectivity index (χ0) is 17.6. The lowest BCUT2D eigenvalue weighted by Gasteiger charge is -2.20. The lowest BCUT2D eigenvalue weighted by Crippen LogP contribution is -2.31. The molecule has 0 saturated heterocycles. The van der Waals surface area contributed by atoms with Gasteiger partial charge in [-0.15, -0.1) is 11.8 Å². The third-order valence-electron chi connectivity index (χ3n) is 4.37. The van der Waals surface area contributed by atoms with Crippen LogP contribution < -0.4 is 10.2 Å². The van der Waals surface area contributed by atoms with Crippen molar-refractivity contribution >= 4 is 40.9 Å². The summed E-state index contributed by atoms with van der Waals surface area (Å²) >= 11 is 1.43. The number of hydrogen-bond donors (Lipinski definition) is 2. The first kappa shape index (κ1) is 15.7. The average Bonchev–Trinajstić information content (AvgIpc) is 3.00. The molecule has 2 aliphatic rings. The second-order valence-corrected chi connectivity index (χ2v) is 6.93. The molecule has 0 aromatic heterocycles. The fourth-order valence-corrected chi connectivity index (χ4v) is 3.97. The van der Waals surface area contributed by atoms with Gasteiger partial charge in [-0.05, 0) is 29.8 Å². The van der Waals surface area contributed by atoms with Crippen LogP contribution in [0.4, 0.5) is 11.4 Å². The number of carboxylic acids is 1. The molecule has 0 aliphatic carbocycles. The van der Waals surface area contributed by atoms with Crippen LogP contribution in [-0.2, 0) is 9.59 Å². The van der Waals surface area contributed by atoms with E-state index in [1.54, 1.807) is 36.4 Å². The zero-order valence-electron chi connectivity index (χ0n) is 13.1. The fourth-order valence-electron chi connectivity index (χ4n) is 3.18. The van der Waals surface area contributed by atoms with Crippen molar-refractivity contribution in [3.05, 3.63) is 53.6 Å². The number of aliphatic carboxylic acids is 1. The van der Waals surface area contributed by atoms with Crippen molar-refractivity contribution in [2.24, 2.45) is 0 Å². The van der Waals surface area contributed by atoms with E-state index in [2.05, 4.69) is 5.32 Å². The van der Waals surface area contributed by atoms with Crippen LogP contribution >= 0.6 is 11.8 Å². The largest absolute Gasteiger partial charge is 0.481 e. The van der Waals surface area contributed by atoms with E-state index in [0.29, 0.717) is 28.3 Å². The molecule has 2 amide bonds. The normalized spacial score (nSPS) is 18.3. The first-order valence-electron chi connectivity index (χ1n) is 7.75. The summed E-state index contributed by atoms with van der Waals surface area (Å²) in [6, 6.07) is 12.2. The second kappa shape index (κ2) is 5.93. The molecule has 2 aliphatic heterocycles. The fraction of sp³-hybridized carbons (Fsp3) is 0.167. The van der Waals surface area contributed by atoms with Crippen molar-refractivity contribution in [1.82, 2.24) is 0 Å². The summed E-state index contributed by atoms with van der Waals surface area (Å²) in [7, 11) is 0. The molecule has 7 heteroatoms. The monoisotopic (exact) mass is 354 g/mol. The molecule has 126 valence electrons. The molecule has 1 unspecified atom stereocenters. The van der Waals surface area contributed by atoms with Crippen molar-refractivity contribution in [2.75, 3.05) is 22.5 Å². The minimum absolute atomic E-state index is 0.0976. The number of carboxylic acid groups (broad SMARTS) is 1. The molecule has 25 heavy (non-hydrogen) atoms. The van der Waals surface area contributed by atoms with E-state index in [0.717, 1.165) is 4.90 Å². The summed E-state index contributed by atoms with van der Waals surface area (Å²) in [6.07, 6.45) is 0. The highest BCUT2D eigenvalue weighted by Crippen LogP contribution is 2.38. The number of hydrogen-bond acceptors (Lipinski definition) is 4. The summed E-state index contributed by atoms with van der Waals surface area (Å²) in [4.78, 5) is 38.4. The highest BCUT2D eigenvalue weighted by Gasteiger charge is 2.36. The van der Waals surface area contributed by atoms with Crippen LogP contribution in [0, 0.1) is 0 Å². The van der Waals surface area contributed by atoms with Gasteiger partial charge in [-0.3, -0.25) is 14.4 Å². The van der Waals surface area contributed by atoms with Crippen molar-refractivity contribution in [3.8, 4) is 0 Å². The summed E-state index contributed by atoms with van der Waals surface area (Å²) in [5, 5.41) is 12.2. The van der Waals surface area contributed by atoms with Crippen LogP contribution in [0.1, 0.15) is 21.8 Å². The molecule has 0 saturated carbocycles. The first-order chi connectivity index (χ1) is 12.0. The van der Waals surface area contributed by atoms with Crippen molar-refractivity contribution < 1.29 is 19.5 Å². The number of fused-ring (bicyclic) bond motifs is 2. The maximum Gasteiger partial charge on any atom is 0.312 e. The van der Waals surface area contributed by atoms with Gasteiger partial charge in [-0.25, -0.2) is 0 Å². The van der Waals surface area contributed by atoms with Crippen molar-refractivity contribution in [3.63, 3.8) is 0 Å². The molecule has 1 atom stereocenters. The predicted octanol–water partition coefficient (Wildman–Crippen LogP) is 2.56. The smallest absolute Gasteiger partial charge is 0.312 e. The number of carbonyl (C=O) groups is 3. The van der Waals surface area contributed by atoms with E-state index in [1.807, 2.05) is 6.07 Å². The van der Waals surface area contributed by atoms with Gasteiger partial charge in [-0.2, -0.15) is 0 Å². The van der Waals surface area contributed by atoms with Gasteiger partial charge in [-0.1, -0.05) is 18.2 Å². The Morgan fingerprint density at radius 2 is 2.00 bits per heavy atom. The van der Waals surface area contributed by atoms with Gasteiger partial charge in [0.2, 0.25) is 5.91 Å². The molecule has 0 spiro atoms. The summed E-state index contributed by atoms with van der Waals surface area (Å²) in [6.45, 7) is 0.103. The van der Waals surface area contributed by atoms with Gasteiger partial charge in [0.1, 0.15) is 5.92 Å². The average molecular weight is 354 g/mol. The quantitative estimate of drug-likeness (QED) is 0.866. The van der Waals surface area contributed by atoms with Crippen molar-refractivity contribution in [1.29, 1.82) is 0 Å². The number of benzene rings is 2. The standard InChI is InChI=1S/C18H14N2O4S/c21-16-9-25-15-6-5-10(7-13(15)19-16)17(22)20-8-12(18(23)24)11-3-1-2-4-14(11)20/h1-7,12H,8-9H2,(H,19,21)(H,23,24). The number of thioether (sulfide) groups is 1. The van der Waals surface area contributed by atoms with E-state index in [-0.39, 0.29) is 18.4 Å². The number of anilines is 2. The minimum Gasteiger partial charge on any atom is -0.481 e. The number of nitrogens with zero attached hydrogens (tertiary/aromatic N) is 1. The van der Waals surface area contributed by atoms with E-state index in [9.17, 15) is 19.5 Å². The van der Waals surface area contributed by atoms with Crippen LogP contribution in [0.3, 0.4) is 0 Å². The Balaban J connectivity index is 1.69. The Kier molecular flexibility index (Phi) is 3.73. The molecular formula is C18H14N2O4S. The lowest BCUT2D eigenvalue weighted by molar-refractivity contribution is -0.138. The second-order valence-electron chi connectivity index (χ2n) is 5.91. The van der Waals surface area contributed by atoms with Crippen LogP contribution in [0.5, 0.6) is 0 Å². The molecule has 4 rings (SSSR count). The van der Waals surface area contributed by atoms with Gasteiger partial charge >= 0.3 is 5.97 Å². The molecule has 0 fully saturated rings. The minimum atomic E-state index is -0.947. The highest BCUT2D eigenvalue weighted by molar-refractivity contribution is 8.00. The van der Waals surface area contributed by atoms with Gasteiger partial charge in [0.05, 0.1) is 11.4 Å². The molecule has 2 heterocycles. The van der Waals surface area contributed by atoms with E-state index in [1.165, 1.54) is 16.7 Å². The SMILES string of the molecule is O=C1CSc2ccc(C(=O)N3CC(C(=O)O)c4ccccc43)cc2N1. The molecule has 2 N–H and O–H groups in total. The lowest BCUT2D eigenvalue weighted by atomic mass is 10.0. The summed E-state index contributed by atoms with van der Waals surface area (Å²) in [5.41, 5.74) is 2.30. The number of nitrogens with one attached hydrogen (secondary N) is 1. The first-order valence-corrected chi connectivity index (χ1v) is 8.73. The summed E-state index contributed by atoms with van der Waals surface area (Å²) in [5.74, 6) is -1.69. The van der Waals surface area contributed by atoms with E-state index >= 15 is 0 Å². The Morgan fingerprint density at radius 1 is 1.20 bits per heavy atom. The van der Waals surface area contributed by atoms with Gasteiger partial charge < -0.3 is 15.3 Å². The van der Waals surface area contributed by atoms with Crippen molar-refractivity contribution in [2.45, 2.75) is 10.8 Å². The molecule has 0 radical (unpaired) electrons. The van der Waals surface area contributed by atoms with Crippen LogP contribution in [0.15, 0.2) is 47.4 Å². The third-order valence-corrected chi connectivity index (χ3v) is 5.44. The third kappa shape index (κ3) is 2.66.